The Hall–Kier alpha value is -1.73. The van der Waals surface area contributed by atoms with Gasteiger partial charge in [-0.15, -0.1) is 0 Å². The van der Waals surface area contributed by atoms with Crippen LogP contribution in [0.4, 0.5) is 13.2 Å². The standard InChI is InChI=1S/C11H14BrFO2.C7H6BFO2.C7H6BrFO/c1-3-14-8(2)15-7-9-6-10(13)4-5-11(9)12;9-6-1-2-7-5(3-6)4-11-8(7)10;8-7-2-1-6(9)3-5(7)4-10/h4-6,8H,3,7H2,1-2H3;1-3,10H,4H2;1-3,10H,4H2. The first-order valence-electron chi connectivity index (χ1n) is 10.9. The summed E-state index contributed by atoms with van der Waals surface area (Å²) in [5.74, 6) is -0.880. The molecule has 0 aromatic heterocycles. The number of benzene rings is 3. The van der Waals surface area contributed by atoms with Crippen LogP contribution in [-0.4, -0.2) is 30.1 Å². The highest BCUT2D eigenvalue weighted by Gasteiger charge is 2.26. The van der Waals surface area contributed by atoms with Gasteiger partial charge in [0.1, 0.15) is 17.5 Å². The van der Waals surface area contributed by atoms with E-state index < -0.39 is 7.12 Å². The molecule has 36 heavy (non-hydrogen) atoms. The molecular weight excluding hydrogens is 608 g/mol. The lowest BCUT2D eigenvalue weighted by Crippen LogP contribution is -2.27. The van der Waals surface area contributed by atoms with Gasteiger partial charge in [0, 0.05) is 15.6 Å². The molecular formula is C25H26BBr2F3O5. The Kier molecular flexibility index (Phi) is 13.1. The molecule has 0 radical (unpaired) electrons. The Labute approximate surface area is 225 Å². The average molecular weight is 634 g/mol. The molecule has 0 saturated heterocycles. The molecule has 1 unspecified atom stereocenters. The number of aliphatic hydroxyl groups is 1. The molecule has 0 aliphatic carbocycles. The third-order valence-corrected chi connectivity index (χ3v) is 6.38. The number of halogens is 5. The van der Waals surface area contributed by atoms with Crippen molar-refractivity contribution in [3.05, 3.63) is 97.7 Å². The van der Waals surface area contributed by atoms with Crippen molar-refractivity contribution < 1.29 is 37.4 Å². The van der Waals surface area contributed by atoms with E-state index in [4.69, 9.17) is 24.3 Å². The Morgan fingerprint density at radius 1 is 0.917 bits per heavy atom. The van der Waals surface area contributed by atoms with Gasteiger partial charge in [-0.1, -0.05) is 37.9 Å². The Morgan fingerprint density at radius 3 is 2.06 bits per heavy atom. The first-order chi connectivity index (χ1) is 17.1. The molecule has 1 aliphatic heterocycles. The summed E-state index contributed by atoms with van der Waals surface area (Å²) in [7, 11) is -0.870. The quantitative estimate of drug-likeness (QED) is 0.273. The van der Waals surface area contributed by atoms with Gasteiger partial charge in [-0.3, -0.25) is 0 Å². The summed E-state index contributed by atoms with van der Waals surface area (Å²) in [5, 5.41) is 17.8. The molecule has 1 atom stereocenters. The number of fused-ring (bicyclic) bond motifs is 1. The summed E-state index contributed by atoms with van der Waals surface area (Å²) < 4.78 is 54.9. The molecule has 194 valence electrons. The van der Waals surface area contributed by atoms with Crippen LogP contribution in [0, 0.1) is 17.5 Å². The predicted octanol–water partition coefficient (Wildman–Crippen LogP) is 5.61. The fourth-order valence-electron chi connectivity index (χ4n) is 3.01. The van der Waals surface area contributed by atoms with Crippen molar-refractivity contribution in [3.8, 4) is 0 Å². The molecule has 0 spiro atoms. The minimum atomic E-state index is -0.870. The van der Waals surface area contributed by atoms with Crippen LogP contribution in [0.2, 0.25) is 0 Å². The lowest BCUT2D eigenvalue weighted by molar-refractivity contribution is -0.134. The van der Waals surface area contributed by atoms with Gasteiger partial charge >= 0.3 is 7.12 Å². The maximum Gasteiger partial charge on any atom is 0.491 e. The van der Waals surface area contributed by atoms with Gasteiger partial charge < -0.3 is 24.3 Å². The molecule has 0 bridgehead atoms. The van der Waals surface area contributed by atoms with Gasteiger partial charge in [-0.2, -0.15) is 0 Å². The molecule has 1 heterocycles. The highest BCUT2D eigenvalue weighted by molar-refractivity contribution is 9.10. The van der Waals surface area contributed by atoms with Crippen LogP contribution in [0.3, 0.4) is 0 Å². The maximum atomic E-state index is 12.9. The summed E-state index contributed by atoms with van der Waals surface area (Å²) in [6.07, 6.45) is -0.273. The van der Waals surface area contributed by atoms with E-state index in [9.17, 15) is 13.2 Å². The second-order valence-corrected chi connectivity index (χ2v) is 9.18. The smallest absolute Gasteiger partial charge is 0.423 e. The van der Waals surface area contributed by atoms with E-state index in [0.717, 1.165) is 20.1 Å². The number of hydrogen-bond acceptors (Lipinski definition) is 5. The third-order valence-electron chi connectivity index (χ3n) is 4.83. The monoisotopic (exact) mass is 632 g/mol. The summed E-state index contributed by atoms with van der Waals surface area (Å²) in [6, 6.07) is 13.0. The number of hydrogen-bond donors (Lipinski definition) is 2. The second-order valence-electron chi connectivity index (χ2n) is 7.47. The Morgan fingerprint density at radius 2 is 1.47 bits per heavy atom. The molecule has 3 aromatic carbocycles. The minimum absolute atomic E-state index is 0.141. The molecule has 5 nitrogen and oxygen atoms in total. The first kappa shape index (κ1) is 30.5. The van der Waals surface area contributed by atoms with Crippen molar-refractivity contribution in [1.82, 2.24) is 0 Å². The zero-order valence-corrected chi connectivity index (χ0v) is 22.9. The fraction of sp³-hybridized carbons (Fsp3) is 0.280. The fourth-order valence-corrected chi connectivity index (χ4v) is 3.74. The highest BCUT2D eigenvalue weighted by atomic mass is 79.9. The van der Waals surface area contributed by atoms with Gasteiger partial charge in [-0.05, 0) is 84.5 Å². The summed E-state index contributed by atoms with van der Waals surface area (Å²) in [4.78, 5) is 0. The summed E-state index contributed by atoms with van der Waals surface area (Å²) >= 11 is 6.50. The maximum absolute atomic E-state index is 12.9. The topological polar surface area (TPSA) is 68.2 Å². The first-order valence-corrected chi connectivity index (χ1v) is 12.5. The van der Waals surface area contributed by atoms with E-state index >= 15 is 0 Å². The van der Waals surface area contributed by atoms with Crippen molar-refractivity contribution in [3.63, 3.8) is 0 Å². The Balaban J connectivity index is 0.000000195. The van der Waals surface area contributed by atoms with Crippen molar-refractivity contribution >= 4 is 44.4 Å². The predicted molar refractivity (Wildman–Crippen MR) is 139 cm³/mol. The third kappa shape index (κ3) is 9.97. The van der Waals surface area contributed by atoms with Crippen LogP contribution < -0.4 is 5.46 Å². The molecule has 0 amide bonds. The summed E-state index contributed by atoms with van der Waals surface area (Å²) in [5.41, 5.74) is 2.76. The van der Waals surface area contributed by atoms with E-state index in [1.165, 1.54) is 36.4 Å². The molecule has 2 N–H and O–H groups in total. The van der Waals surface area contributed by atoms with E-state index in [1.54, 1.807) is 18.2 Å². The molecule has 0 fully saturated rings. The van der Waals surface area contributed by atoms with E-state index in [-0.39, 0.29) is 30.3 Å². The lowest BCUT2D eigenvalue weighted by atomic mass is 9.80. The normalized spacial score (nSPS) is 12.8. The molecule has 0 saturated carbocycles. The number of aliphatic hydroxyl groups excluding tert-OH is 1. The van der Waals surface area contributed by atoms with Crippen LogP contribution in [-0.2, 0) is 33.9 Å². The lowest BCUT2D eigenvalue weighted by Gasteiger charge is -2.13. The van der Waals surface area contributed by atoms with Gasteiger partial charge in [0.25, 0.3) is 0 Å². The second kappa shape index (κ2) is 15.5. The van der Waals surface area contributed by atoms with Crippen LogP contribution in [0.15, 0.2) is 63.5 Å². The van der Waals surface area contributed by atoms with Crippen LogP contribution in [0.25, 0.3) is 0 Å². The molecule has 1 aliphatic rings. The molecule has 11 heteroatoms. The largest absolute Gasteiger partial charge is 0.491 e. The summed E-state index contributed by atoms with van der Waals surface area (Å²) in [6.45, 7) is 4.81. The Bertz CT molecular complexity index is 1120. The van der Waals surface area contributed by atoms with Crippen LogP contribution >= 0.6 is 31.9 Å². The van der Waals surface area contributed by atoms with Gasteiger partial charge in [0.2, 0.25) is 0 Å². The number of ether oxygens (including phenoxy) is 2. The zero-order valence-electron chi connectivity index (χ0n) is 19.7. The molecule has 4 rings (SSSR count). The van der Waals surface area contributed by atoms with Crippen molar-refractivity contribution in [2.75, 3.05) is 6.61 Å². The molecule has 3 aromatic rings. The number of rotatable bonds is 6. The van der Waals surface area contributed by atoms with Crippen molar-refractivity contribution in [1.29, 1.82) is 0 Å². The highest BCUT2D eigenvalue weighted by Crippen LogP contribution is 2.19. The van der Waals surface area contributed by atoms with E-state index in [2.05, 4.69) is 31.9 Å². The van der Waals surface area contributed by atoms with Gasteiger partial charge in [-0.25, -0.2) is 13.2 Å². The van der Waals surface area contributed by atoms with Crippen LogP contribution in [0.1, 0.15) is 30.5 Å². The van der Waals surface area contributed by atoms with E-state index in [1.807, 2.05) is 13.8 Å². The van der Waals surface area contributed by atoms with Crippen LogP contribution in [0.5, 0.6) is 0 Å². The average Bonchev–Trinajstić information content (AvgIpc) is 3.21. The van der Waals surface area contributed by atoms with Gasteiger partial charge in [0.05, 0.1) is 19.8 Å². The van der Waals surface area contributed by atoms with Crippen molar-refractivity contribution in [2.45, 2.75) is 40.0 Å². The SMILES string of the molecule is CCOC(C)OCc1cc(F)ccc1Br.OB1OCc2cc(F)ccc21.OCc1cc(F)ccc1Br. The van der Waals surface area contributed by atoms with E-state index in [0.29, 0.717) is 30.8 Å². The van der Waals surface area contributed by atoms with Crippen molar-refractivity contribution in [2.24, 2.45) is 0 Å². The van der Waals surface area contributed by atoms with Gasteiger partial charge in [0.15, 0.2) is 6.29 Å². The zero-order chi connectivity index (χ0) is 26.7. The minimum Gasteiger partial charge on any atom is -0.423 e.